The van der Waals surface area contributed by atoms with Crippen LogP contribution in [0, 0.1) is 18.8 Å². The van der Waals surface area contributed by atoms with Crippen molar-refractivity contribution in [3.05, 3.63) is 5.01 Å². The third-order valence-electron chi connectivity index (χ3n) is 4.70. The Morgan fingerprint density at radius 2 is 1.95 bits per heavy atom. The lowest BCUT2D eigenvalue weighted by molar-refractivity contribution is 0.159. The van der Waals surface area contributed by atoms with Gasteiger partial charge >= 0.3 is 0 Å². The average Bonchev–Trinajstić information content (AvgIpc) is 2.89. The number of aryl methyl sites for hydroxylation is 1. The van der Waals surface area contributed by atoms with Gasteiger partial charge in [0.25, 0.3) is 0 Å². The molecule has 0 bridgehead atoms. The van der Waals surface area contributed by atoms with Gasteiger partial charge in [-0.15, -0.1) is 10.2 Å². The Bertz CT molecular complexity index is 425. The molecule has 2 fully saturated rings. The van der Waals surface area contributed by atoms with Gasteiger partial charge in [-0.05, 0) is 57.5 Å². The molecule has 2 aliphatic heterocycles. The van der Waals surface area contributed by atoms with Crippen molar-refractivity contribution in [1.82, 2.24) is 15.1 Å². The van der Waals surface area contributed by atoms with Gasteiger partial charge in [0.15, 0.2) is 0 Å². The molecule has 0 unspecified atom stereocenters. The van der Waals surface area contributed by atoms with E-state index in [0.29, 0.717) is 0 Å². The molecule has 1 aromatic heterocycles. The number of aromatic nitrogens is 2. The summed E-state index contributed by atoms with van der Waals surface area (Å²) in [6, 6.07) is 0. The van der Waals surface area contributed by atoms with Crippen LogP contribution in [0.2, 0.25) is 0 Å². The first-order valence-electron chi connectivity index (χ1n) is 7.98. The summed E-state index contributed by atoms with van der Waals surface area (Å²) >= 11 is 1.73. The van der Waals surface area contributed by atoms with Gasteiger partial charge < -0.3 is 9.80 Å². The molecule has 112 valence electrons. The Morgan fingerprint density at radius 3 is 2.65 bits per heavy atom. The predicted molar refractivity (Wildman–Crippen MR) is 84.4 cm³/mol. The van der Waals surface area contributed by atoms with Crippen LogP contribution >= 0.6 is 11.3 Å². The number of hydrogen-bond acceptors (Lipinski definition) is 5. The molecule has 1 atom stereocenters. The second kappa shape index (κ2) is 6.39. The fourth-order valence-corrected chi connectivity index (χ4v) is 4.13. The Morgan fingerprint density at radius 1 is 1.15 bits per heavy atom. The predicted octanol–water partition coefficient (Wildman–Crippen LogP) is 2.79. The van der Waals surface area contributed by atoms with E-state index in [1.807, 2.05) is 6.92 Å². The van der Waals surface area contributed by atoms with E-state index in [1.54, 1.807) is 11.3 Å². The van der Waals surface area contributed by atoms with E-state index in [-0.39, 0.29) is 0 Å². The van der Waals surface area contributed by atoms with E-state index >= 15 is 0 Å². The fourth-order valence-electron chi connectivity index (χ4n) is 3.41. The van der Waals surface area contributed by atoms with Crippen molar-refractivity contribution in [1.29, 1.82) is 0 Å². The summed E-state index contributed by atoms with van der Waals surface area (Å²) < 4.78 is 0. The Kier molecular flexibility index (Phi) is 4.56. The first kappa shape index (κ1) is 14.3. The van der Waals surface area contributed by atoms with Crippen molar-refractivity contribution in [2.24, 2.45) is 11.8 Å². The van der Waals surface area contributed by atoms with E-state index in [4.69, 9.17) is 0 Å². The van der Waals surface area contributed by atoms with Gasteiger partial charge in [-0.3, -0.25) is 0 Å². The van der Waals surface area contributed by atoms with Gasteiger partial charge in [-0.1, -0.05) is 18.3 Å². The summed E-state index contributed by atoms with van der Waals surface area (Å²) in [6.45, 7) is 10.6. The molecule has 5 heteroatoms. The maximum absolute atomic E-state index is 4.31. The maximum Gasteiger partial charge on any atom is 0.208 e. The molecule has 2 saturated heterocycles. The zero-order chi connectivity index (χ0) is 13.9. The summed E-state index contributed by atoms with van der Waals surface area (Å²) in [4.78, 5) is 5.13. The second-order valence-electron chi connectivity index (χ2n) is 6.54. The normalized spacial score (nSPS) is 26.1. The third-order valence-corrected chi connectivity index (χ3v) is 5.60. The van der Waals surface area contributed by atoms with Crippen molar-refractivity contribution < 1.29 is 0 Å². The minimum absolute atomic E-state index is 0.807. The SMILES string of the molecule is Cc1nnc(N2CCC[C@H](CN3CCC(C)CC3)C2)s1. The Hall–Kier alpha value is -0.680. The molecule has 0 saturated carbocycles. The monoisotopic (exact) mass is 294 g/mol. The van der Waals surface area contributed by atoms with Crippen LogP contribution in [0.4, 0.5) is 5.13 Å². The van der Waals surface area contributed by atoms with Crippen LogP contribution < -0.4 is 4.90 Å². The van der Waals surface area contributed by atoms with E-state index in [1.165, 1.54) is 51.9 Å². The summed E-state index contributed by atoms with van der Waals surface area (Å²) in [7, 11) is 0. The molecule has 0 N–H and O–H groups in total. The highest BCUT2D eigenvalue weighted by atomic mass is 32.1. The number of likely N-dealkylation sites (tertiary alicyclic amines) is 1. The lowest BCUT2D eigenvalue weighted by atomic mass is 9.94. The molecule has 0 aliphatic carbocycles. The van der Waals surface area contributed by atoms with Gasteiger partial charge in [-0.25, -0.2) is 0 Å². The highest BCUT2D eigenvalue weighted by molar-refractivity contribution is 7.15. The Balaban J connectivity index is 1.53. The van der Waals surface area contributed by atoms with Crippen LogP contribution in [0.25, 0.3) is 0 Å². The van der Waals surface area contributed by atoms with Crippen LogP contribution in [0.3, 0.4) is 0 Å². The van der Waals surface area contributed by atoms with Crippen LogP contribution in [0.1, 0.15) is 37.6 Å². The van der Waals surface area contributed by atoms with Gasteiger partial charge in [0.1, 0.15) is 5.01 Å². The summed E-state index contributed by atoms with van der Waals surface area (Å²) in [6.07, 6.45) is 5.44. The molecular weight excluding hydrogens is 268 g/mol. The van der Waals surface area contributed by atoms with Crippen molar-refractivity contribution in [2.75, 3.05) is 37.6 Å². The molecule has 0 aromatic carbocycles. The van der Waals surface area contributed by atoms with E-state index in [9.17, 15) is 0 Å². The molecule has 0 amide bonds. The summed E-state index contributed by atoms with van der Waals surface area (Å²) in [5.41, 5.74) is 0. The molecular formula is C15H26N4S. The zero-order valence-corrected chi connectivity index (χ0v) is 13.5. The molecule has 20 heavy (non-hydrogen) atoms. The molecule has 2 aliphatic rings. The standard InChI is InChI=1S/C15H26N4S/c1-12-5-8-18(9-6-12)10-14-4-3-7-19(11-14)15-17-16-13(2)20-15/h12,14H,3-11H2,1-2H3/t14-/m1/s1. The van der Waals surface area contributed by atoms with Crippen LogP contribution in [-0.4, -0.2) is 47.8 Å². The van der Waals surface area contributed by atoms with Crippen molar-refractivity contribution in [2.45, 2.75) is 39.5 Å². The molecule has 4 nitrogen and oxygen atoms in total. The highest BCUT2D eigenvalue weighted by Gasteiger charge is 2.25. The quantitative estimate of drug-likeness (QED) is 0.858. The minimum atomic E-state index is 0.807. The number of piperidine rings is 2. The largest absolute Gasteiger partial charge is 0.346 e. The van der Waals surface area contributed by atoms with Gasteiger partial charge in [0.2, 0.25) is 5.13 Å². The number of anilines is 1. The minimum Gasteiger partial charge on any atom is -0.346 e. The Labute approximate surface area is 126 Å². The van der Waals surface area contributed by atoms with Gasteiger partial charge in [0.05, 0.1) is 0 Å². The number of rotatable bonds is 3. The molecule has 1 aromatic rings. The first-order chi connectivity index (χ1) is 9.70. The van der Waals surface area contributed by atoms with Gasteiger partial charge in [-0.2, -0.15) is 0 Å². The second-order valence-corrected chi connectivity index (χ2v) is 7.70. The lowest BCUT2D eigenvalue weighted by Crippen LogP contribution is -2.43. The molecule has 0 spiro atoms. The number of hydrogen-bond donors (Lipinski definition) is 0. The third kappa shape index (κ3) is 3.50. The highest BCUT2D eigenvalue weighted by Crippen LogP contribution is 2.27. The van der Waals surface area contributed by atoms with Gasteiger partial charge in [0, 0.05) is 19.6 Å². The van der Waals surface area contributed by atoms with Crippen LogP contribution in [0.15, 0.2) is 0 Å². The fraction of sp³-hybridized carbons (Fsp3) is 0.867. The maximum atomic E-state index is 4.31. The molecule has 0 radical (unpaired) electrons. The van der Waals surface area contributed by atoms with E-state index in [2.05, 4.69) is 26.9 Å². The topological polar surface area (TPSA) is 32.3 Å². The zero-order valence-electron chi connectivity index (χ0n) is 12.7. The first-order valence-corrected chi connectivity index (χ1v) is 8.80. The van der Waals surface area contributed by atoms with Crippen LogP contribution in [0.5, 0.6) is 0 Å². The summed E-state index contributed by atoms with van der Waals surface area (Å²) in [5.74, 6) is 1.74. The molecule has 3 heterocycles. The average molecular weight is 294 g/mol. The van der Waals surface area contributed by atoms with Crippen molar-refractivity contribution in [3.63, 3.8) is 0 Å². The van der Waals surface area contributed by atoms with Crippen LogP contribution in [-0.2, 0) is 0 Å². The number of nitrogens with zero attached hydrogens (tertiary/aromatic N) is 4. The van der Waals surface area contributed by atoms with E-state index in [0.717, 1.165) is 28.5 Å². The molecule has 3 rings (SSSR count). The summed E-state index contributed by atoms with van der Waals surface area (Å²) in [5, 5.41) is 10.7. The van der Waals surface area contributed by atoms with E-state index < -0.39 is 0 Å². The lowest BCUT2D eigenvalue weighted by Gasteiger charge is -2.37. The van der Waals surface area contributed by atoms with Crippen molar-refractivity contribution in [3.8, 4) is 0 Å². The smallest absolute Gasteiger partial charge is 0.208 e. The van der Waals surface area contributed by atoms with Crippen molar-refractivity contribution >= 4 is 16.5 Å².